The third-order valence-corrected chi connectivity index (χ3v) is 3.46. The zero-order valence-corrected chi connectivity index (χ0v) is 11.5. The summed E-state index contributed by atoms with van der Waals surface area (Å²) >= 11 is 0. The molecule has 6 heteroatoms. The first-order valence-electron chi connectivity index (χ1n) is 6.42. The molecule has 0 aliphatic rings. The van der Waals surface area contributed by atoms with Crippen LogP contribution >= 0.6 is 0 Å². The van der Waals surface area contributed by atoms with Crippen LogP contribution < -0.4 is 10.9 Å². The van der Waals surface area contributed by atoms with Crippen molar-refractivity contribution in [3.05, 3.63) is 46.5 Å². The molecule has 0 fully saturated rings. The Kier molecular flexibility index (Phi) is 3.85. The van der Waals surface area contributed by atoms with Crippen LogP contribution in [0.25, 0.3) is 5.65 Å². The number of nitrogens with one attached hydrogen (secondary N) is 1. The number of carboxylic acid groups (broad SMARTS) is 1. The van der Waals surface area contributed by atoms with Crippen molar-refractivity contribution >= 4 is 11.6 Å². The van der Waals surface area contributed by atoms with E-state index in [-0.39, 0.29) is 12.1 Å². The van der Waals surface area contributed by atoms with Gasteiger partial charge in [-0.25, -0.2) is 4.98 Å². The van der Waals surface area contributed by atoms with Gasteiger partial charge in [-0.15, -0.1) is 0 Å². The van der Waals surface area contributed by atoms with Crippen LogP contribution in [0.1, 0.15) is 26.0 Å². The van der Waals surface area contributed by atoms with Gasteiger partial charge in [0.15, 0.2) is 0 Å². The topological polar surface area (TPSA) is 83.7 Å². The van der Waals surface area contributed by atoms with Crippen LogP contribution in [0.4, 0.5) is 0 Å². The molecule has 0 aliphatic carbocycles. The Balaban J connectivity index is 2.27. The lowest BCUT2D eigenvalue weighted by Crippen LogP contribution is -2.48. The molecule has 0 spiro atoms. The Morgan fingerprint density at radius 1 is 1.50 bits per heavy atom. The molecule has 0 aromatic carbocycles. The molecule has 2 N–H and O–H groups in total. The Morgan fingerprint density at radius 2 is 2.25 bits per heavy atom. The highest BCUT2D eigenvalue weighted by Crippen LogP contribution is 2.10. The van der Waals surface area contributed by atoms with Gasteiger partial charge in [0, 0.05) is 18.8 Å². The highest BCUT2D eigenvalue weighted by Gasteiger charge is 2.30. The van der Waals surface area contributed by atoms with E-state index in [0.717, 1.165) is 0 Å². The number of carboxylic acids is 1. The number of fused-ring (bicyclic) bond motifs is 1. The molecule has 6 nitrogen and oxygen atoms in total. The lowest BCUT2D eigenvalue weighted by Gasteiger charge is -2.24. The minimum atomic E-state index is -1.02. The molecule has 1 unspecified atom stereocenters. The molecular weight excluding hydrogens is 258 g/mol. The summed E-state index contributed by atoms with van der Waals surface area (Å²) in [6, 6.07) is 6.71. The van der Waals surface area contributed by atoms with Crippen molar-refractivity contribution in [1.29, 1.82) is 0 Å². The Labute approximate surface area is 116 Å². The van der Waals surface area contributed by atoms with Crippen molar-refractivity contribution in [2.75, 3.05) is 0 Å². The van der Waals surface area contributed by atoms with Crippen LogP contribution in [0.2, 0.25) is 0 Å². The summed E-state index contributed by atoms with van der Waals surface area (Å²) in [5, 5.41) is 12.1. The van der Waals surface area contributed by atoms with Crippen molar-refractivity contribution < 1.29 is 9.90 Å². The fourth-order valence-corrected chi connectivity index (χ4v) is 1.83. The van der Waals surface area contributed by atoms with Gasteiger partial charge in [-0.1, -0.05) is 13.0 Å². The summed E-state index contributed by atoms with van der Waals surface area (Å²) in [6.45, 7) is 3.64. The maximum absolute atomic E-state index is 11.9. The molecule has 20 heavy (non-hydrogen) atoms. The van der Waals surface area contributed by atoms with E-state index >= 15 is 0 Å². The first kappa shape index (κ1) is 14.2. The second kappa shape index (κ2) is 5.42. The number of hydrogen-bond acceptors (Lipinski definition) is 4. The van der Waals surface area contributed by atoms with Crippen molar-refractivity contribution in [2.45, 2.75) is 32.4 Å². The number of hydrogen-bond donors (Lipinski definition) is 2. The molecule has 0 bridgehead atoms. The number of aromatic nitrogens is 2. The van der Waals surface area contributed by atoms with E-state index in [1.165, 1.54) is 10.5 Å². The Bertz CT molecular complexity index is 695. The van der Waals surface area contributed by atoms with Gasteiger partial charge in [0.25, 0.3) is 5.56 Å². The number of pyridine rings is 1. The fraction of sp³-hybridized carbons (Fsp3) is 0.357. The SMILES string of the molecule is CCC(C)(NCc1cc(=O)n2ccccc2n1)C(=O)O. The highest BCUT2D eigenvalue weighted by atomic mass is 16.4. The maximum atomic E-state index is 11.9. The summed E-state index contributed by atoms with van der Waals surface area (Å²) < 4.78 is 1.44. The first-order chi connectivity index (χ1) is 9.46. The van der Waals surface area contributed by atoms with E-state index in [0.29, 0.717) is 17.8 Å². The molecule has 2 heterocycles. The van der Waals surface area contributed by atoms with Gasteiger partial charge >= 0.3 is 5.97 Å². The van der Waals surface area contributed by atoms with Crippen LogP contribution in [0.3, 0.4) is 0 Å². The van der Waals surface area contributed by atoms with E-state index in [4.69, 9.17) is 0 Å². The van der Waals surface area contributed by atoms with Gasteiger partial charge in [-0.3, -0.25) is 19.3 Å². The van der Waals surface area contributed by atoms with Crippen molar-refractivity contribution in [3.63, 3.8) is 0 Å². The van der Waals surface area contributed by atoms with E-state index in [9.17, 15) is 14.7 Å². The molecule has 0 saturated carbocycles. The van der Waals surface area contributed by atoms with E-state index in [1.807, 2.05) is 0 Å². The second-order valence-electron chi connectivity index (χ2n) is 4.86. The normalized spacial score (nSPS) is 14.1. The Hall–Kier alpha value is -2.21. The van der Waals surface area contributed by atoms with Crippen molar-refractivity contribution in [1.82, 2.24) is 14.7 Å². The number of nitrogens with zero attached hydrogens (tertiary/aromatic N) is 2. The lowest BCUT2D eigenvalue weighted by molar-refractivity contribution is -0.144. The predicted octanol–water partition coefficient (Wildman–Crippen LogP) is 1.04. The van der Waals surface area contributed by atoms with Crippen LogP contribution in [0.15, 0.2) is 35.3 Å². The van der Waals surface area contributed by atoms with Crippen LogP contribution in [0, 0.1) is 0 Å². The molecule has 0 amide bonds. The van der Waals surface area contributed by atoms with Gasteiger partial charge in [0.2, 0.25) is 0 Å². The zero-order chi connectivity index (χ0) is 14.8. The summed E-state index contributed by atoms with van der Waals surface area (Å²) in [4.78, 5) is 27.5. The van der Waals surface area contributed by atoms with Gasteiger partial charge in [-0.2, -0.15) is 0 Å². The fourth-order valence-electron chi connectivity index (χ4n) is 1.83. The molecule has 1 atom stereocenters. The smallest absolute Gasteiger partial charge is 0.323 e. The van der Waals surface area contributed by atoms with Crippen molar-refractivity contribution in [3.8, 4) is 0 Å². The maximum Gasteiger partial charge on any atom is 0.323 e. The molecule has 106 valence electrons. The number of rotatable bonds is 5. The number of carbonyl (C=O) groups is 1. The number of aliphatic carboxylic acids is 1. The quantitative estimate of drug-likeness (QED) is 0.851. The molecule has 2 rings (SSSR count). The Morgan fingerprint density at radius 3 is 2.90 bits per heavy atom. The van der Waals surface area contributed by atoms with E-state index < -0.39 is 11.5 Å². The van der Waals surface area contributed by atoms with Crippen LogP contribution in [-0.2, 0) is 11.3 Å². The summed E-state index contributed by atoms with van der Waals surface area (Å²) in [5.41, 5.74) is -0.128. The van der Waals surface area contributed by atoms with Crippen molar-refractivity contribution in [2.24, 2.45) is 0 Å². The largest absolute Gasteiger partial charge is 0.480 e. The third-order valence-electron chi connectivity index (χ3n) is 3.46. The van der Waals surface area contributed by atoms with Gasteiger partial charge < -0.3 is 5.11 Å². The molecule has 0 radical (unpaired) electrons. The first-order valence-corrected chi connectivity index (χ1v) is 6.42. The predicted molar refractivity (Wildman–Crippen MR) is 74.6 cm³/mol. The van der Waals surface area contributed by atoms with Gasteiger partial charge in [0.05, 0.1) is 5.69 Å². The van der Waals surface area contributed by atoms with E-state index in [1.54, 1.807) is 38.2 Å². The molecule has 2 aromatic rings. The third kappa shape index (κ3) is 2.70. The summed E-state index contributed by atoms with van der Waals surface area (Å²) in [6.07, 6.45) is 2.09. The average molecular weight is 275 g/mol. The molecule has 0 saturated heterocycles. The average Bonchev–Trinajstić information content (AvgIpc) is 2.44. The van der Waals surface area contributed by atoms with Gasteiger partial charge in [0.1, 0.15) is 11.2 Å². The van der Waals surface area contributed by atoms with Crippen LogP contribution in [-0.4, -0.2) is 26.0 Å². The van der Waals surface area contributed by atoms with Crippen LogP contribution in [0.5, 0.6) is 0 Å². The summed E-state index contributed by atoms with van der Waals surface area (Å²) in [7, 11) is 0. The summed E-state index contributed by atoms with van der Waals surface area (Å²) in [5.74, 6) is -0.919. The molecule has 0 aliphatic heterocycles. The van der Waals surface area contributed by atoms with Gasteiger partial charge in [-0.05, 0) is 25.5 Å². The molecular formula is C14H17N3O3. The lowest BCUT2D eigenvalue weighted by atomic mass is 9.99. The highest BCUT2D eigenvalue weighted by molar-refractivity contribution is 5.78. The minimum absolute atomic E-state index is 0.180. The van der Waals surface area contributed by atoms with E-state index in [2.05, 4.69) is 10.3 Å². The molecule has 2 aromatic heterocycles. The minimum Gasteiger partial charge on any atom is -0.480 e. The standard InChI is InChI=1S/C14H17N3O3/c1-3-14(2,13(19)20)15-9-10-8-12(18)17-7-5-4-6-11(17)16-10/h4-8,15H,3,9H2,1-2H3,(H,19,20). The second-order valence-corrected chi connectivity index (χ2v) is 4.86. The zero-order valence-electron chi connectivity index (χ0n) is 11.5. The monoisotopic (exact) mass is 275 g/mol.